The SMILES string of the molecule is CCCC(C)CC1(CNC(C)(C)C)CC2CCC1C2. The van der Waals surface area contributed by atoms with Crippen molar-refractivity contribution in [1.82, 2.24) is 5.32 Å². The molecule has 0 aromatic heterocycles. The molecule has 2 aliphatic carbocycles. The monoisotopic (exact) mass is 265 g/mol. The Kier molecular flexibility index (Phi) is 4.65. The van der Waals surface area contributed by atoms with Crippen molar-refractivity contribution in [3.8, 4) is 0 Å². The maximum atomic E-state index is 3.84. The first-order valence-corrected chi connectivity index (χ1v) is 8.60. The van der Waals surface area contributed by atoms with Gasteiger partial charge < -0.3 is 5.32 Å². The van der Waals surface area contributed by atoms with Crippen molar-refractivity contribution in [1.29, 1.82) is 0 Å². The van der Waals surface area contributed by atoms with Crippen molar-refractivity contribution in [2.75, 3.05) is 6.54 Å². The van der Waals surface area contributed by atoms with Crippen LogP contribution in [-0.4, -0.2) is 12.1 Å². The van der Waals surface area contributed by atoms with E-state index in [1.165, 1.54) is 51.5 Å². The van der Waals surface area contributed by atoms with Gasteiger partial charge in [-0.15, -0.1) is 0 Å². The van der Waals surface area contributed by atoms with Crippen LogP contribution in [0, 0.1) is 23.2 Å². The fraction of sp³-hybridized carbons (Fsp3) is 1.00. The lowest BCUT2D eigenvalue weighted by molar-refractivity contribution is 0.107. The van der Waals surface area contributed by atoms with Gasteiger partial charge in [-0.25, -0.2) is 0 Å². The van der Waals surface area contributed by atoms with Crippen molar-refractivity contribution >= 4 is 0 Å². The zero-order chi connectivity index (χ0) is 14.1. The Morgan fingerprint density at radius 3 is 2.47 bits per heavy atom. The highest BCUT2D eigenvalue weighted by Crippen LogP contribution is 2.58. The largest absolute Gasteiger partial charge is 0.312 e. The first-order valence-electron chi connectivity index (χ1n) is 8.60. The van der Waals surface area contributed by atoms with Gasteiger partial charge in [-0.05, 0) is 69.6 Å². The van der Waals surface area contributed by atoms with Crippen LogP contribution >= 0.6 is 0 Å². The molecule has 1 nitrogen and oxygen atoms in total. The Balaban J connectivity index is 2.01. The van der Waals surface area contributed by atoms with Gasteiger partial charge in [0.1, 0.15) is 0 Å². The summed E-state index contributed by atoms with van der Waals surface area (Å²) in [7, 11) is 0. The highest BCUT2D eigenvalue weighted by molar-refractivity contribution is 5.02. The minimum Gasteiger partial charge on any atom is -0.312 e. The Hall–Kier alpha value is -0.0400. The van der Waals surface area contributed by atoms with E-state index in [1.54, 1.807) is 0 Å². The van der Waals surface area contributed by atoms with E-state index < -0.39 is 0 Å². The van der Waals surface area contributed by atoms with Crippen LogP contribution in [0.4, 0.5) is 0 Å². The lowest BCUT2D eigenvalue weighted by Crippen LogP contribution is -2.46. The van der Waals surface area contributed by atoms with Crippen LogP contribution in [0.15, 0.2) is 0 Å². The fourth-order valence-corrected chi connectivity index (χ4v) is 4.83. The molecule has 0 radical (unpaired) electrons. The van der Waals surface area contributed by atoms with Gasteiger partial charge in [-0.3, -0.25) is 0 Å². The molecule has 2 fully saturated rings. The summed E-state index contributed by atoms with van der Waals surface area (Å²) in [5.41, 5.74) is 0.896. The van der Waals surface area contributed by atoms with Crippen LogP contribution in [0.25, 0.3) is 0 Å². The van der Waals surface area contributed by atoms with E-state index in [0.29, 0.717) is 5.41 Å². The van der Waals surface area contributed by atoms with Gasteiger partial charge in [0, 0.05) is 12.1 Å². The third kappa shape index (κ3) is 3.74. The molecule has 0 aromatic rings. The third-order valence-corrected chi connectivity index (χ3v) is 5.61. The molecule has 1 heteroatoms. The zero-order valence-electron chi connectivity index (χ0n) is 13.9. The molecule has 2 saturated carbocycles. The molecule has 1 N–H and O–H groups in total. The summed E-state index contributed by atoms with van der Waals surface area (Å²) in [5.74, 6) is 2.98. The predicted octanol–water partition coefficient (Wildman–Crippen LogP) is 5.01. The molecule has 4 atom stereocenters. The zero-order valence-corrected chi connectivity index (χ0v) is 13.9. The Bertz CT molecular complexity index is 291. The van der Waals surface area contributed by atoms with Crippen LogP contribution in [-0.2, 0) is 0 Å². The fourth-order valence-electron chi connectivity index (χ4n) is 4.83. The van der Waals surface area contributed by atoms with E-state index in [-0.39, 0.29) is 5.54 Å². The summed E-state index contributed by atoms with van der Waals surface area (Å²) < 4.78 is 0. The van der Waals surface area contributed by atoms with E-state index >= 15 is 0 Å². The summed E-state index contributed by atoms with van der Waals surface area (Å²) >= 11 is 0. The number of nitrogens with one attached hydrogen (secondary N) is 1. The van der Waals surface area contributed by atoms with Crippen LogP contribution in [0.2, 0.25) is 0 Å². The van der Waals surface area contributed by atoms with Crippen molar-refractivity contribution in [3.05, 3.63) is 0 Å². The van der Waals surface area contributed by atoms with Crippen LogP contribution in [0.3, 0.4) is 0 Å². The predicted molar refractivity (Wildman–Crippen MR) is 84.3 cm³/mol. The smallest absolute Gasteiger partial charge is 0.00967 e. The summed E-state index contributed by atoms with van der Waals surface area (Å²) in [6, 6.07) is 0. The molecule has 0 spiro atoms. The highest BCUT2D eigenvalue weighted by atomic mass is 15.0. The molecule has 0 saturated heterocycles. The Morgan fingerprint density at radius 2 is 2.00 bits per heavy atom. The molecule has 4 unspecified atom stereocenters. The average molecular weight is 265 g/mol. The normalized spacial score (nSPS) is 35.8. The minimum atomic E-state index is 0.267. The molecule has 112 valence electrons. The first-order chi connectivity index (χ1) is 8.85. The van der Waals surface area contributed by atoms with Crippen molar-refractivity contribution in [2.45, 2.75) is 85.1 Å². The van der Waals surface area contributed by atoms with Gasteiger partial charge in [0.2, 0.25) is 0 Å². The van der Waals surface area contributed by atoms with E-state index in [9.17, 15) is 0 Å². The van der Waals surface area contributed by atoms with E-state index in [2.05, 4.69) is 39.9 Å². The number of hydrogen-bond acceptors (Lipinski definition) is 1. The van der Waals surface area contributed by atoms with Crippen molar-refractivity contribution in [3.63, 3.8) is 0 Å². The number of rotatable bonds is 6. The number of hydrogen-bond donors (Lipinski definition) is 1. The maximum absolute atomic E-state index is 3.84. The first kappa shape index (κ1) is 15.4. The lowest BCUT2D eigenvalue weighted by atomic mass is 9.67. The molecule has 0 aliphatic heterocycles. The molecule has 0 aromatic carbocycles. The summed E-state index contributed by atoms with van der Waals surface area (Å²) in [6.07, 6.45) is 10.3. The standard InChI is InChI=1S/C18H35N/c1-6-7-14(2)11-18(13-19-17(3,4)5)12-15-8-9-16(18)10-15/h14-16,19H,6-13H2,1-5H3. The van der Waals surface area contributed by atoms with Gasteiger partial charge in [0.15, 0.2) is 0 Å². The van der Waals surface area contributed by atoms with Gasteiger partial charge in [-0.2, -0.15) is 0 Å². The Labute approximate surface area is 120 Å². The quantitative estimate of drug-likeness (QED) is 0.712. The highest BCUT2D eigenvalue weighted by Gasteiger charge is 2.50. The van der Waals surface area contributed by atoms with Gasteiger partial charge in [-0.1, -0.05) is 33.1 Å². The van der Waals surface area contributed by atoms with E-state index in [0.717, 1.165) is 17.8 Å². The molecule has 2 bridgehead atoms. The summed E-state index contributed by atoms with van der Waals surface area (Å²) in [4.78, 5) is 0. The molecule has 19 heavy (non-hydrogen) atoms. The maximum Gasteiger partial charge on any atom is 0.00967 e. The average Bonchev–Trinajstić information content (AvgIpc) is 2.86. The van der Waals surface area contributed by atoms with Crippen LogP contribution in [0.5, 0.6) is 0 Å². The van der Waals surface area contributed by atoms with Crippen molar-refractivity contribution < 1.29 is 0 Å². The second-order valence-electron chi connectivity index (χ2n) is 8.64. The minimum absolute atomic E-state index is 0.267. The van der Waals surface area contributed by atoms with E-state index in [4.69, 9.17) is 0 Å². The topological polar surface area (TPSA) is 12.0 Å². The molecule has 2 aliphatic rings. The summed E-state index contributed by atoms with van der Waals surface area (Å²) in [5, 5.41) is 3.84. The van der Waals surface area contributed by atoms with Crippen LogP contribution in [0.1, 0.15) is 79.6 Å². The van der Waals surface area contributed by atoms with Gasteiger partial charge in [0.05, 0.1) is 0 Å². The number of fused-ring (bicyclic) bond motifs is 2. The van der Waals surface area contributed by atoms with Gasteiger partial charge in [0.25, 0.3) is 0 Å². The van der Waals surface area contributed by atoms with Gasteiger partial charge >= 0.3 is 0 Å². The van der Waals surface area contributed by atoms with Crippen LogP contribution < -0.4 is 5.32 Å². The molecule has 2 rings (SSSR count). The Morgan fingerprint density at radius 1 is 1.26 bits per heavy atom. The molecular weight excluding hydrogens is 230 g/mol. The molecule has 0 heterocycles. The molecular formula is C18H35N. The summed E-state index contributed by atoms with van der Waals surface area (Å²) in [6.45, 7) is 13.0. The van der Waals surface area contributed by atoms with E-state index in [1.807, 2.05) is 0 Å². The molecule has 0 amide bonds. The third-order valence-electron chi connectivity index (χ3n) is 5.61. The lowest BCUT2D eigenvalue weighted by Gasteiger charge is -2.42. The van der Waals surface area contributed by atoms with Crippen molar-refractivity contribution in [2.24, 2.45) is 23.2 Å². The second-order valence-corrected chi connectivity index (χ2v) is 8.64. The second kappa shape index (κ2) is 5.76.